The minimum atomic E-state index is -0.0504. The Morgan fingerprint density at radius 1 is 1.35 bits per heavy atom. The van der Waals surface area contributed by atoms with Crippen LogP contribution in [0.25, 0.3) is 0 Å². The molecular formula is C13H23NO3. The molecule has 0 spiro atoms. The number of amides is 1. The van der Waals surface area contributed by atoms with Crippen molar-refractivity contribution in [3.63, 3.8) is 0 Å². The van der Waals surface area contributed by atoms with Gasteiger partial charge in [-0.05, 0) is 25.7 Å². The molecule has 1 saturated heterocycles. The molecule has 0 aromatic heterocycles. The largest absolute Gasteiger partial charge is 0.396 e. The van der Waals surface area contributed by atoms with Gasteiger partial charge in [0.25, 0.3) is 0 Å². The number of rotatable bonds is 4. The molecule has 2 fully saturated rings. The van der Waals surface area contributed by atoms with Gasteiger partial charge in [-0.3, -0.25) is 4.79 Å². The maximum absolute atomic E-state index is 11.9. The first-order valence-electron chi connectivity index (χ1n) is 6.72. The van der Waals surface area contributed by atoms with Crippen molar-refractivity contribution in [1.82, 2.24) is 5.32 Å². The zero-order valence-corrected chi connectivity index (χ0v) is 10.4. The maximum Gasteiger partial charge on any atom is 0.225 e. The zero-order valence-electron chi connectivity index (χ0n) is 10.4. The van der Waals surface area contributed by atoms with E-state index in [1.54, 1.807) is 0 Å². The van der Waals surface area contributed by atoms with Gasteiger partial charge in [0.15, 0.2) is 0 Å². The molecule has 98 valence electrons. The van der Waals surface area contributed by atoms with Crippen LogP contribution in [-0.2, 0) is 9.53 Å². The number of aliphatic hydroxyl groups excluding tert-OH is 1. The van der Waals surface area contributed by atoms with Gasteiger partial charge in [-0.2, -0.15) is 0 Å². The smallest absolute Gasteiger partial charge is 0.225 e. The van der Waals surface area contributed by atoms with E-state index in [4.69, 9.17) is 4.74 Å². The first kappa shape index (κ1) is 12.8. The molecule has 4 nitrogen and oxygen atoms in total. The summed E-state index contributed by atoms with van der Waals surface area (Å²) in [6, 6.07) is 0. The van der Waals surface area contributed by atoms with Crippen LogP contribution in [0.4, 0.5) is 0 Å². The average Bonchev–Trinajstić information content (AvgIpc) is 2.86. The molecule has 0 bridgehead atoms. The van der Waals surface area contributed by atoms with Gasteiger partial charge in [-0.25, -0.2) is 0 Å². The lowest BCUT2D eigenvalue weighted by molar-refractivity contribution is -0.129. The second-order valence-electron chi connectivity index (χ2n) is 5.50. The third kappa shape index (κ3) is 3.19. The molecule has 2 aliphatic rings. The quantitative estimate of drug-likeness (QED) is 0.774. The predicted octanol–water partition coefficient (Wildman–Crippen LogP) is 1.08. The Morgan fingerprint density at radius 2 is 2.12 bits per heavy atom. The molecule has 2 N–H and O–H groups in total. The predicted molar refractivity (Wildman–Crippen MR) is 64.5 cm³/mol. The lowest BCUT2D eigenvalue weighted by Crippen LogP contribution is -2.42. The molecule has 0 radical (unpaired) electrons. The molecule has 0 aromatic carbocycles. The van der Waals surface area contributed by atoms with Crippen LogP contribution in [0, 0.1) is 11.3 Å². The fourth-order valence-electron chi connectivity index (χ4n) is 2.88. The molecule has 1 atom stereocenters. The van der Waals surface area contributed by atoms with Gasteiger partial charge in [-0.1, -0.05) is 12.8 Å². The minimum Gasteiger partial charge on any atom is -0.396 e. The van der Waals surface area contributed by atoms with E-state index in [-0.39, 0.29) is 23.8 Å². The van der Waals surface area contributed by atoms with Crippen LogP contribution in [-0.4, -0.2) is 37.4 Å². The molecule has 17 heavy (non-hydrogen) atoms. The van der Waals surface area contributed by atoms with Crippen molar-refractivity contribution in [2.75, 3.05) is 26.4 Å². The van der Waals surface area contributed by atoms with Crippen LogP contribution < -0.4 is 5.32 Å². The van der Waals surface area contributed by atoms with Crippen molar-refractivity contribution in [3.8, 4) is 0 Å². The molecule has 1 aliphatic heterocycles. The van der Waals surface area contributed by atoms with Crippen LogP contribution in [0.2, 0.25) is 0 Å². The SMILES string of the molecule is O=C(NCC1(CO)CCCC1)C1CCCOC1. The van der Waals surface area contributed by atoms with Crippen molar-refractivity contribution >= 4 is 5.91 Å². The van der Waals surface area contributed by atoms with Gasteiger partial charge in [0.2, 0.25) is 5.91 Å². The highest BCUT2D eigenvalue weighted by molar-refractivity contribution is 5.78. The standard InChI is InChI=1S/C13H23NO3/c15-10-13(5-1-2-6-13)9-14-12(16)11-4-3-7-17-8-11/h11,15H,1-10H2,(H,14,16). The lowest BCUT2D eigenvalue weighted by Gasteiger charge is -2.28. The summed E-state index contributed by atoms with van der Waals surface area (Å²) in [4.78, 5) is 11.9. The maximum atomic E-state index is 11.9. The van der Waals surface area contributed by atoms with Crippen LogP contribution in [0.15, 0.2) is 0 Å². The highest BCUT2D eigenvalue weighted by Gasteiger charge is 2.34. The van der Waals surface area contributed by atoms with E-state index in [1.165, 1.54) is 12.8 Å². The summed E-state index contributed by atoms with van der Waals surface area (Å²) in [5.41, 5.74) is -0.0504. The number of ether oxygens (including phenoxy) is 1. The number of carbonyl (C=O) groups excluding carboxylic acids is 1. The van der Waals surface area contributed by atoms with Crippen LogP contribution in [0.3, 0.4) is 0 Å². The Balaban J connectivity index is 1.78. The molecule has 1 heterocycles. The van der Waals surface area contributed by atoms with E-state index < -0.39 is 0 Å². The summed E-state index contributed by atoms with van der Waals surface area (Å²) < 4.78 is 5.32. The molecule has 1 unspecified atom stereocenters. The fraction of sp³-hybridized carbons (Fsp3) is 0.923. The number of hydrogen-bond donors (Lipinski definition) is 2. The summed E-state index contributed by atoms with van der Waals surface area (Å²) in [6.45, 7) is 2.15. The van der Waals surface area contributed by atoms with Gasteiger partial charge in [0, 0.05) is 18.6 Å². The summed E-state index contributed by atoms with van der Waals surface area (Å²) in [6.07, 6.45) is 6.31. The lowest BCUT2D eigenvalue weighted by atomic mass is 9.87. The number of nitrogens with one attached hydrogen (secondary N) is 1. The Kier molecular flexibility index (Phi) is 4.40. The van der Waals surface area contributed by atoms with Crippen molar-refractivity contribution in [2.45, 2.75) is 38.5 Å². The number of aliphatic hydroxyl groups is 1. The van der Waals surface area contributed by atoms with Crippen molar-refractivity contribution in [2.24, 2.45) is 11.3 Å². The van der Waals surface area contributed by atoms with Crippen LogP contribution in [0.1, 0.15) is 38.5 Å². The molecule has 1 saturated carbocycles. The monoisotopic (exact) mass is 241 g/mol. The van der Waals surface area contributed by atoms with Gasteiger partial charge in [0.1, 0.15) is 0 Å². The van der Waals surface area contributed by atoms with Crippen LogP contribution >= 0.6 is 0 Å². The summed E-state index contributed by atoms with van der Waals surface area (Å²) >= 11 is 0. The first-order chi connectivity index (χ1) is 8.26. The van der Waals surface area contributed by atoms with E-state index in [9.17, 15) is 9.90 Å². The van der Waals surface area contributed by atoms with Gasteiger partial charge < -0.3 is 15.2 Å². The topological polar surface area (TPSA) is 58.6 Å². The third-order valence-corrected chi connectivity index (χ3v) is 4.17. The van der Waals surface area contributed by atoms with Gasteiger partial charge >= 0.3 is 0 Å². The normalized spacial score (nSPS) is 27.9. The van der Waals surface area contributed by atoms with Crippen LogP contribution in [0.5, 0.6) is 0 Å². The highest BCUT2D eigenvalue weighted by Crippen LogP contribution is 2.36. The van der Waals surface area contributed by atoms with E-state index >= 15 is 0 Å². The molecule has 1 amide bonds. The second kappa shape index (κ2) is 5.83. The third-order valence-electron chi connectivity index (χ3n) is 4.17. The summed E-state index contributed by atoms with van der Waals surface area (Å²) in [5, 5.41) is 12.5. The summed E-state index contributed by atoms with van der Waals surface area (Å²) in [7, 11) is 0. The summed E-state index contributed by atoms with van der Waals surface area (Å²) in [5.74, 6) is 0.116. The number of carbonyl (C=O) groups is 1. The molecular weight excluding hydrogens is 218 g/mol. The average molecular weight is 241 g/mol. The van der Waals surface area contributed by atoms with E-state index in [0.717, 1.165) is 32.3 Å². The van der Waals surface area contributed by atoms with E-state index in [0.29, 0.717) is 13.2 Å². The Labute approximate surface area is 103 Å². The fourth-order valence-corrected chi connectivity index (χ4v) is 2.88. The van der Waals surface area contributed by atoms with Crippen molar-refractivity contribution in [3.05, 3.63) is 0 Å². The first-order valence-corrected chi connectivity index (χ1v) is 6.72. The molecule has 0 aromatic rings. The number of hydrogen-bond acceptors (Lipinski definition) is 3. The van der Waals surface area contributed by atoms with Crippen molar-refractivity contribution < 1.29 is 14.6 Å². The van der Waals surface area contributed by atoms with Crippen molar-refractivity contribution in [1.29, 1.82) is 0 Å². The van der Waals surface area contributed by atoms with Gasteiger partial charge in [-0.15, -0.1) is 0 Å². The van der Waals surface area contributed by atoms with E-state index in [2.05, 4.69) is 5.32 Å². The Hall–Kier alpha value is -0.610. The Morgan fingerprint density at radius 3 is 2.71 bits per heavy atom. The van der Waals surface area contributed by atoms with Gasteiger partial charge in [0.05, 0.1) is 19.1 Å². The zero-order chi connectivity index (χ0) is 12.1. The minimum absolute atomic E-state index is 0.0147. The second-order valence-corrected chi connectivity index (χ2v) is 5.50. The Bertz CT molecular complexity index is 255. The molecule has 2 rings (SSSR count). The molecule has 4 heteroatoms. The van der Waals surface area contributed by atoms with E-state index in [1.807, 2.05) is 0 Å². The molecule has 1 aliphatic carbocycles. The highest BCUT2D eigenvalue weighted by atomic mass is 16.5.